The summed E-state index contributed by atoms with van der Waals surface area (Å²) in [4.78, 5) is 6.51. The Bertz CT molecular complexity index is 599. The number of halogens is 4. The first-order valence-corrected chi connectivity index (χ1v) is 5.16. The van der Waals surface area contributed by atoms with E-state index in [0.29, 0.717) is 0 Å². The fraction of sp³-hybridized carbons (Fsp3) is 0.167. The monoisotopic (exact) mass is 272 g/mol. The number of rotatable bonds is 2. The molecule has 19 heavy (non-hydrogen) atoms. The quantitative estimate of drug-likeness (QED) is 0.787. The molecule has 0 unspecified atom stereocenters. The topological polar surface area (TPSA) is 35.0 Å². The SMILES string of the molecule is COc1ccc(-c2ccnc(C(F)(F)F)n2)cc1F. The molecule has 0 atom stereocenters. The molecule has 0 bridgehead atoms. The smallest absolute Gasteiger partial charge is 0.451 e. The minimum Gasteiger partial charge on any atom is -0.494 e. The number of aromatic nitrogens is 2. The first-order valence-electron chi connectivity index (χ1n) is 5.16. The summed E-state index contributed by atoms with van der Waals surface area (Å²) < 4.78 is 55.6. The van der Waals surface area contributed by atoms with Gasteiger partial charge in [0.25, 0.3) is 0 Å². The van der Waals surface area contributed by atoms with Crippen molar-refractivity contribution in [3.05, 3.63) is 42.1 Å². The molecule has 0 aliphatic heterocycles. The van der Waals surface area contributed by atoms with Crippen molar-refractivity contribution in [2.75, 3.05) is 7.11 Å². The lowest BCUT2D eigenvalue weighted by atomic mass is 10.1. The summed E-state index contributed by atoms with van der Waals surface area (Å²) in [5.74, 6) is -1.93. The van der Waals surface area contributed by atoms with Gasteiger partial charge in [0.2, 0.25) is 5.82 Å². The number of methoxy groups -OCH3 is 1. The van der Waals surface area contributed by atoms with E-state index >= 15 is 0 Å². The third kappa shape index (κ3) is 2.81. The number of ether oxygens (including phenoxy) is 1. The van der Waals surface area contributed by atoms with Gasteiger partial charge in [-0.25, -0.2) is 14.4 Å². The van der Waals surface area contributed by atoms with Crippen LogP contribution in [0.4, 0.5) is 17.6 Å². The van der Waals surface area contributed by atoms with Gasteiger partial charge in [-0.1, -0.05) is 0 Å². The normalized spacial score (nSPS) is 11.4. The maximum Gasteiger partial charge on any atom is 0.451 e. The number of nitrogens with zero attached hydrogens (tertiary/aromatic N) is 2. The predicted octanol–water partition coefficient (Wildman–Crippen LogP) is 3.31. The summed E-state index contributed by atoms with van der Waals surface area (Å²) in [7, 11) is 1.30. The van der Waals surface area contributed by atoms with Gasteiger partial charge in [-0.05, 0) is 24.3 Å². The van der Waals surface area contributed by atoms with E-state index in [4.69, 9.17) is 4.74 Å². The number of hydrogen-bond donors (Lipinski definition) is 0. The Morgan fingerprint density at radius 3 is 2.47 bits per heavy atom. The Hall–Kier alpha value is -2.18. The minimum absolute atomic E-state index is 0.00820. The van der Waals surface area contributed by atoms with Gasteiger partial charge in [0.05, 0.1) is 12.8 Å². The largest absolute Gasteiger partial charge is 0.494 e. The molecule has 0 aliphatic rings. The Morgan fingerprint density at radius 2 is 1.89 bits per heavy atom. The standard InChI is InChI=1S/C12H8F4N2O/c1-19-10-3-2-7(6-8(10)13)9-4-5-17-11(18-9)12(14,15)16/h2-6H,1H3. The van der Waals surface area contributed by atoms with Crippen molar-refractivity contribution in [3.63, 3.8) is 0 Å². The van der Waals surface area contributed by atoms with Gasteiger partial charge in [0.1, 0.15) is 0 Å². The van der Waals surface area contributed by atoms with Crippen molar-refractivity contribution in [2.45, 2.75) is 6.18 Å². The molecular formula is C12H8F4N2O. The van der Waals surface area contributed by atoms with Crippen LogP contribution in [0.2, 0.25) is 0 Å². The van der Waals surface area contributed by atoms with E-state index in [-0.39, 0.29) is 17.0 Å². The molecule has 0 saturated carbocycles. The van der Waals surface area contributed by atoms with E-state index < -0.39 is 17.8 Å². The molecule has 2 aromatic rings. The van der Waals surface area contributed by atoms with Crippen molar-refractivity contribution in [1.82, 2.24) is 9.97 Å². The summed E-state index contributed by atoms with van der Waals surface area (Å²) in [5.41, 5.74) is 0.204. The van der Waals surface area contributed by atoms with Crippen molar-refractivity contribution in [2.24, 2.45) is 0 Å². The summed E-state index contributed by atoms with van der Waals surface area (Å²) in [6.07, 6.45) is -3.66. The molecule has 1 aromatic heterocycles. The van der Waals surface area contributed by atoms with Crippen LogP contribution in [0, 0.1) is 5.82 Å². The van der Waals surface area contributed by atoms with Crippen molar-refractivity contribution in [3.8, 4) is 17.0 Å². The fourth-order valence-electron chi connectivity index (χ4n) is 1.48. The van der Waals surface area contributed by atoms with Crippen molar-refractivity contribution >= 4 is 0 Å². The second kappa shape index (κ2) is 4.83. The number of benzene rings is 1. The Labute approximate surface area is 105 Å². The van der Waals surface area contributed by atoms with Crippen LogP contribution in [0.25, 0.3) is 11.3 Å². The molecule has 0 amide bonds. The highest BCUT2D eigenvalue weighted by Crippen LogP contribution is 2.29. The molecule has 0 spiro atoms. The molecule has 1 aromatic carbocycles. The average Bonchev–Trinajstić information content (AvgIpc) is 2.38. The van der Waals surface area contributed by atoms with E-state index in [2.05, 4.69) is 9.97 Å². The number of alkyl halides is 3. The molecule has 2 rings (SSSR count). The van der Waals surface area contributed by atoms with Crippen LogP contribution in [0.1, 0.15) is 5.82 Å². The van der Waals surface area contributed by atoms with E-state index in [9.17, 15) is 17.6 Å². The van der Waals surface area contributed by atoms with Crippen LogP contribution < -0.4 is 4.74 Å². The maximum absolute atomic E-state index is 13.5. The summed E-state index contributed by atoms with van der Waals surface area (Å²) in [6, 6.07) is 5.07. The molecule has 0 radical (unpaired) electrons. The van der Waals surface area contributed by atoms with Gasteiger partial charge in [-0.2, -0.15) is 13.2 Å². The first-order chi connectivity index (χ1) is 8.91. The van der Waals surface area contributed by atoms with Crippen LogP contribution in [-0.4, -0.2) is 17.1 Å². The molecular weight excluding hydrogens is 264 g/mol. The van der Waals surface area contributed by atoms with Gasteiger partial charge in [-0.15, -0.1) is 0 Å². The lowest BCUT2D eigenvalue weighted by molar-refractivity contribution is -0.144. The molecule has 100 valence electrons. The minimum atomic E-state index is -4.64. The third-order valence-corrected chi connectivity index (χ3v) is 2.36. The Kier molecular flexibility index (Phi) is 3.37. The number of hydrogen-bond acceptors (Lipinski definition) is 3. The van der Waals surface area contributed by atoms with Crippen LogP contribution in [0.3, 0.4) is 0 Å². The van der Waals surface area contributed by atoms with E-state index in [1.165, 1.54) is 25.3 Å². The summed E-state index contributed by atoms with van der Waals surface area (Å²) in [5, 5.41) is 0. The second-order valence-electron chi connectivity index (χ2n) is 3.61. The van der Waals surface area contributed by atoms with Gasteiger partial charge in [0, 0.05) is 11.8 Å². The van der Waals surface area contributed by atoms with Crippen LogP contribution in [-0.2, 0) is 6.18 Å². The van der Waals surface area contributed by atoms with Crippen molar-refractivity contribution < 1.29 is 22.3 Å². The molecule has 0 aliphatic carbocycles. The molecule has 0 fully saturated rings. The zero-order valence-electron chi connectivity index (χ0n) is 9.70. The van der Waals surface area contributed by atoms with E-state index in [1.807, 2.05) is 0 Å². The lowest BCUT2D eigenvalue weighted by Crippen LogP contribution is -2.11. The van der Waals surface area contributed by atoms with Gasteiger partial charge in [0.15, 0.2) is 11.6 Å². The highest BCUT2D eigenvalue weighted by Gasteiger charge is 2.34. The average molecular weight is 272 g/mol. The molecule has 0 N–H and O–H groups in total. The lowest BCUT2D eigenvalue weighted by Gasteiger charge is -2.08. The van der Waals surface area contributed by atoms with Crippen LogP contribution >= 0.6 is 0 Å². The van der Waals surface area contributed by atoms with Crippen molar-refractivity contribution in [1.29, 1.82) is 0 Å². The first kappa shape index (κ1) is 13.3. The summed E-state index contributed by atoms with van der Waals surface area (Å²) >= 11 is 0. The predicted molar refractivity (Wildman–Crippen MR) is 59.0 cm³/mol. The second-order valence-corrected chi connectivity index (χ2v) is 3.61. The molecule has 0 saturated heterocycles. The highest BCUT2D eigenvalue weighted by molar-refractivity contribution is 5.60. The summed E-state index contributed by atoms with van der Waals surface area (Å²) in [6.45, 7) is 0. The maximum atomic E-state index is 13.5. The third-order valence-electron chi connectivity index (χ3n) is 2.36. The molecule has 1 heterocycles. The Morgan fingerprint density at radius 1 is 1.16 bits per heavy atom. The zero-order valence-corrected chi connectivity index (χ0v) is 9.70. The van der Waals surface area contributed by atoms with Gasteiger partial charge >= 0.3 is 6.18 Å². The van der Waals surface area contributed by atoms with Crippen LogP contribution in [0.15, 0.2) is 30.5 Å². The molecule has 3 nitrogen and oxygen atoms in total. The molecule has 7 heteroatoms. The zero-order chi connectivity index (χ0) is 14.0. The highest BCUT2D eigenvalue weighted by atomic mass is 19.4. The van der Waals surface area contributed by atoms with Gasteiger partial charge in [-0.3, -0.25) is 0 Å². The van der Waals surface area contributed by atoms with Gasteiger partial charge < -0.3 is 4.74 Å². The van der Waals surface area contributed by atoms with Crippen LogP contribution in [0.5, 0.6) is 5.75 Å². The Balaban J connectivity index is 2.45. The fourth-order valence-corrected chi connectivity index (χ4v) is 1.48. The van der Waals surface area contributed by atoms with E-state index in [0.717, 1.165) is 12.3 Å². The van der Waals surface area contributed by atoms with E-state index in [1.54, 1.807) is 0 Å².